The van der Waals surface area contributed by atoms with Crippen LogP contribution in [0, 0.1) is 11.8 Å². The highest BCUT2D eigenvalue weighted by molar-refractivity contribution is 5.81. The van der Waals surface area contributed by atoms with E-state index in [0.29, 0.717) is 30.8 Å². The Morgan fingerprint density at radius 2 is 1.72 bits per heavy atom. The van der Waals surface area contributed by atoms with Crippen molar-refractivity contribution in [1.29, 1.82) is 0 Å². The van der Waals surface area contributed by atoms with Crippen molar-refractivity contribution in [3.63, 3.8) is 0 Å². The van der Waals surface area contributed by atoms with Crippen molar-refractivity contribution in [2.24, 2.45) is 11.8 Å². The Kier molecular flexibility index (Phi) is 4.64. The van der Waals surface area contributed by atoms with Crippen LogP contribution in [0.4, 0.5) is 4.79 Å². The second-order valence-corrected chi connectivity index (χ2v) is 7.64. The van der Waals surface area contributed by atoms with E-state index in [4.69, 9.17) is 0 Å². The maximum absolute atomic E-state index is 12.5. The number of hydrogen-bond acceptors (Lipinski definition) is 2. The van der Waals surface area contributed by atoms with Crippen LogP contribution in [0.15, 0.2) is 30.3 Å². The molecule has 2 saturated carbocycles. The summed E-state index contributed by atoms with van der Waals surface area (Å²) in [6.07, 6.45) is 4.13. The van der Waals surface area contributed by atoms with Gasteiger partial charge in [0.1, 0.15) is 0 Å². The van der Waals surface area contributed by atoms with E-state index in [1.54, 1.807) is 0 Å². The first-order valence-corrected chi connectivity index (χ1v) is 9.59. The topological polar surface area (TPSA) is 52.7 Å². The molecule has 3 aliphatic rings. The van der Waals surface area contributed by atoms with Crippen molar-refractivity contribution < 1.29 is 9.59 Å². The van der Waals surface area contributed by atoms with Gasteiger partial charge in [-0.15, -0.1) is 0 Å². The summed E-state index contributed by atoms with van der Waals surface area (Å²) in [7, 11) is 0. The van der Waals surface area contributed by atoms with E-state index < -0.39 is 0 Å². The molecule has 0 spiro atoms. The minimum absolute atomic E-state index is 0.0273. The van der Waals surface area contributed by atoms with Crippen molar-refractivity contribution >= 4 is 11.9 Å². The van der Waals surface area contributed by atoms with E-state index in [1.807, 2.05) is 15.9 Å². The zero-order chi connectivity index (χ0) is 17.2. The lowest BCUT2D eigenvalue weighted by molar-refractivity contribution is -0.132. The predicted octanol–water partition coefficient (Wildman–Crippen LogP) is 2.44. The number of hydrogen-bond donors (Lipinski definition) is 1. The molecule has 1 aromatic carbocycles. The molecule has 1 heterocycles. The van der Waals surface area contributed by atoms with E-state index in [2.05, 4.69) is 29.6 Å². The van der Waals surface area contributed by atoms with Crippen molar-refractivity contribution in [3.05, 3.63) is 35.9 Å². The van der Waals surface area contributed by atoms with Crippen LogP contribution in [-0.4, -0.2) is 54.5 Å². The molecule has 0 unspecified atom stereocenters. The van der Waals surface area contributed by atoms with Gasteiger partial charge in [-0.3, -0.25) is 4.79 Å². The quantitative estimate of drug-likeness (QED) is 0.914. The minimum atomic E-state index is 0.0273. The third-order valence-electron chi connectivity index (χ3n) is 5.69. The second-order valence-electron chi connectivity index (χ2n) is 7.64. The molecule has 2 aliphatic carbocycles. The van der Waals surface area contributed by atoms with Crippen LogP contribution >= 0.6 is 0 Å². The van der Waals surface area contributed by atoms with Gasteiger partial charge in [0.15, 0.2) is 0 Å². The summed E-state index contributed by atoms with van der Waals surface area (Å²) in [5, 5.41) is 3.10. The number of rotatable bonds is 4. The molecule has 0 radical (unpaired) electrons. The molecule has 1 aromatic rings. The summed E-state index contributed by atoms with van der Waals surface area (Å²) < 4.78 is 0. The van der Waals surface area contributed by atoms with Crippen LogP contribution < -0.4 is 5.32 Å². The SMILES string of the molecule is O=C(NC[C@H]1C[C@@H]1c1ccccc1)N1CCCN(C(=O)C2CC2)CC1. The van der Waals surface area contributed by atoms with Crippen LogP contribution in [-0.2, 0) is 4.79 Å². The van der Waals surface area contributed by atoms with Gasteiger partial charge in [-0.05, 0) is 43.1 Å². The molecule has 2 atom stereocenters. The Balaban J connectivity index is 1.21. The van der Waals surface area contributed by atoms with E-state index >= 15 is 0 Å². The Morgan fingerprint density at radius 1 is 1.00 bits per heavy atom. The molecule has 1 N–H and O–H groups in total. The number of amides is 3. The summed E-state index contributed by atoms with van der Waals surface area (Å²) in [6, 6.07) is 10.6. The molecule has 3 fully saturated rings. The monoisotopic (exact) mass is 341 g/mol. The van der Waals surface area contributed by atoms with Gasteiger partial charge < -0.3 is 15.1 Å². The lowest BCUT2D eigenvalue weighted by Crippen LogP contribution is -2.43. The third-order valence-corrected chi connectivity index (χ3v) is 5.69. The lowest BCUT2D eigenvalue weighted by Gasteiger charge is -2.22. The smallest absolute Gasteiger partial charge is 0.317 e. The molecule has 0 aromatic heterocycles. The van der Waals surface area contributed by atoms with Crippen LogP contribution in [0.5, 0.6) is 0 Å². The zero-order valence-electron chi connectivity index (χ0n) is 14.7. The van der Waals surface area contributed by atoms with Crippen LogP contribution in [0.1, 0.15) is 37.2 Å². The van der Waals surface area contributed by atoms with Crippen molar-refractivity contribution in [2.45, 2.75) is 31.6 Å². The van der Waals surface area contributed by atoms with E-state index in [0.717, 1.165) is 45.3 Å². The maximum Gasteiger partial charge on any atom is 0.317 e. The van der Waals surface area contributed by atoms with E-state index in [1.165, 1.54) is 5.56 Å². The highest BCUT2D eigenvalue weighted by Crippen LogP contribution is 2.46. The summed E-state index contributed by atoms with van der Waals surface area (Å²) in [6.45, 7) is 3.61. The van der Waals surface area contributed by atoms with Gasteiger partial charge in [0, 0.05) is 38.6 Å². The maximum atomic E-state index is 12.5. The third kappa shape index (κ3) is 3.97. The number of carbonyl (C=O) groups is 2. The largest absolute Gasteiger partial charge is 0.341 e. The fraction of sp³-hybridized carbons (Fsp3) is 0.600. The first-order valence-electron chi connectivity index (χ1n) is 9.59. The lowest BCUT2D eigenvalue weighted by atomic mass is 10.1. The molecule has 3 amide bonds. The minimum Gasteiger partial charge on any atom is -0.341 e. The van der Waals surface area contributed by atoms with Crippen LogP contribution in [0.3, 0.4) is 0 Å². The van der Waals surface area contributed by atoms with Gasteiger partial charge in [0.25, 0.3) is 0 Å². The van der Waals surface area contributed by atoms with Gasteiger partial charge >= 0.3 is 6.03 Å². The van der Waals surface area contributed by atoms with Gasteiger partial charge in [-0.1, -0.05) is 30.3 Å². The molecule has 0 bridgehead atoms. The molecule has 134 valence electrons. The Labute approximate surface area is 149 Å². The molecule has 4 rings (SSSR count). The molecule has 1 aliphatic heterocycles. The summed E-state index contributed by atoms with van der Waals surface area (Å²) in [4.78, 5) is 28.5. The standard InChI is InChI=1S/C20H27N3O2/c24-19(16-7-8-16)22-9-4-10-23(12-11-22)20(25)21-14-17-13-18(17)15-5-2-1-3-6-15/h1-3,5-6,16-18H,4,7-14H2,(H,21,25)/t17-,18-/m1/s1. The second kappa shape index (κ2) is 7.06. The Bertz CT molecular complexity index is 629. The molecule has 5 nitrogen and oxygen atoms in total. The first-order chi connectivity index (χ1) is 12.2. The Morgan fingerprint density at radius 3 is 2.48 bits per heavy atom. The highest BCUT2D eigenvalue weighted by Gasteiger charge is 2.38. The average Bonchev–Trinajstić information content (AvgIpc) is 3.52. The van der Waals surface area contributed by atoms with E-state index in [9.17, 15) is 9.59 Å². The van der Waals surface area contributed by atoms with Crippen LogP contribution in [0.25, 0.3) is 0 Å². The predicted molar refractivity (Wildman–Crippen MR) is 96.2 cm³/mol. The normalized spacial score (nSPS) is 26.1. The molecule has 1 saturated heterocycles. The van der Waals surface area contributed by atoms with Gasteiger partial charge in [-0.2, -0.15) is 0 Å². The summed E-state index contributed by atoms with van der Waals surface area (Å²) >= 11 is 0. The number of benzene rings is 1. The number of nitrogens with one attached hydrogen (secondary N) is 1. The van der Waals surface area contributed by atoms with Crippen LogP contribution in [0.2, 0.25) is 0 Å². The first kappa shape index (κ1) is 16.4. The van der Waals surface area contributed by atoms with E-state index in [-0.39, 0.29) is 11.9 Å². The number of nitrogens with zero attached hydrogens (tertiary/aromatic N) is 2. The Hall–Kier alpha value is -2.04. The van der Waals surface area contributed by atoms with Gasteiger partial charge in [0.05, 0.1) is 0 Å². The van der Waals surface area contributed by atoms with Gasteiger partial charge in [0.2, 0.25) is 5.91 Å². The fourth-order valence-electron chi connectivity index (χ4n) is 3.84. The number of urea groups is 1. The van der Waals surface area contributed by atoms with Crippen molar-refractivity contribution in [1.82, 2.24) is 15.1 Å². The zero-order valence-corrected chi connectivity index (χ0v) is 14.7. The van der Waals surface area contributed by atoms with Crippen molar-refractivity contribution in [3.8, 4) is 0 Å². The molecular formula is C20H27N3O2. The average molecular weight is 341 g/mol. The fourth-order valence-corrected chi connectivity index (χ4v) is 3.84. The highest BCUT2D eigenvalue weighted by atomic mass is 16.2. The molecule has 25 heavy (non-hydrogen) atoms. The summed E-state index contributed by atoms with van der Waals surface area (Å²) in [5.74, 6) is 1.72. The van der Waals surface area contributed by atoms with Crippen molar-refractivity contribution in [2.75, 3.05) is 32.7 Å². The molecule has 5 heteroatoms. The molecular weight excluding hydrogens is 314 g/mol. The summed E-state index contributed by atoms with van der Waals surface area (Å²) in [5.41, 5.74) is 1.38. The van der Waals surface area contributed by atoms with Gasteiger partial charge in [-0.25, -0.2) is 4.79 Å². The number of carbonyl (C=O) groups excluding carboxylic acids is 2.